The number of ether oxygens (including phenoxy) is 2. The van der Waals surface area contributed by atoms with Gasteiger partial charge in [-0.05, 0) is 38.0 Å². The molecule has 0 spiro atoms. The van der Waals surface area contributed by atoms with Crippen LogP contribution in [0, 0.1) is 13.8 Å². The molecule has 0 saturated heterocycles. The van der Waals surface area contributed by atoms with Gasteiger partial charge in [-0.1, -0.05) is 12.1 Å². The summed E-state index contributed by atoms with van der Waals surface area (Å²) in [5, 5.41) is 0.926. The number of nitrogens with zero attached hydrogens (tertiary/aromatic N) is 1. The molecule has 2 N–H and O–H groups in total. The van der Waals surface area contributed by atoms with E-state index >= 15 is 0 Å². The van der Waals surface area contributed by atoms with Crippen LogP contribution in [-0.4, -0.2) is 12.1 Å². The molecule has 4 nitrogen and oxygen atoms in total. The minimum Gasteiger partial charge on any atom is -0.486 e. The fourth-order valence-corrected chi connectivity index (χ4v) is 3.01. The second-order valence-electron chi connectivity index (χ2n) is 5.20. The molecular formula is C16H22N2O2S. The second-order valence-corrected chi connectivity index (χ2v) is 6.31. The Hall–Kier alpha value is -1.43. The summed E-state index contributed by atoms with van der Waals surface area (Å²) >= 11 is 1.60. The van der Waals surface area contributed by atoms with Gasteiger partial charge in [0, 0.05) is 18.0 Å². The van der Waals surface area contributed by atoms with Gasteiger partial charge in [0.25, 0.3) is 0 Å². The monoisotopic (exact) mass is 306 g/mol. The van der Waals surface area contributed by atoms with Crippen molar-refractivity contribution in [2.45, 2.75) is 40.0 Å². The van der Waals surface area contributed by atoms with Crippen molar-refractivity contribution in [2.75, 3.05) is 7.11 Å². The Balaban J connectivity index is 2.12. The highest BCUT2D eigenvalue weighted by atomic mass is 32.1. The highest BCUT2D eigenvalue weighted by Gasteiger charge is 2.15. The van der Waals surface area contributed by atoms with Crippen molar-refractivity contribution < 1.29 is 9.47 Å². The average molecular weight is 306 g/mol. The van der Waals surface area contributed by atoms with Crippen molar-refractivity contribution in [1.29, 1.82) is 0 Å². The smallest absolute Gasteiger partial charge is 0.140 e. The van der Waals surface area contributed by atoms with E-state index in [9.17, 15) is 0 Å². The van der Waals surface area contributed by atoms with Crippen LogP contribution in [0.1, 0.15) is 39.7 Å². The van der Waals surface area contributed by atoms with Crippen LogP contribution in [0.2, 0.25) is 0 Å². The lowest BCUT2D eigenvalue weighted by atomic mass is 10.1. The summed E-state index contributed by atoms with van der Waals surface area (Å²) in [7, 11) is 1.66. The Bertz CT molecular complexity index is 608. The molecule has 1 heterocycles. The molecule has 0 radical (unpaired) electrons. The molecule has 0 saturated carbocycles. The maximum atomic E-state index is 5.98. The number of hydrogen-bond acceptors (Lipinski definition) is 5. The van der Waals surface area contributed by atoms with Gasteiger partial charge >= 0.3 is 0 Å². The van der Waals surface area contributed by atoms with Gasteiger partial charge in [-0.15, -0.1) is 11.3 Å². The van der Waals surface area contributed by atoms with Gasteiger partial charge in [0.2, 0.25) is 0 Å². The molecule has 1 unspecified atom stereocenters. The molecule has 114 valence electrons. The van der Waals surface area contributed by atoms with Gasteiger partial charge in [-0.3, -0.25) is 0 Å². The van der Waals surface area contributed by atoms with Crippen LogP contribution in [-0.2, 0) is 18.0 Å². The van der Waals surface area contributed by atoms with E-state index in [1.54, 1.807) is 18.4 Å². The minimum absolute atomic E-state index is 0.0397. The molecule has 0 fully saturated rings. The minimum atomic E-state index is -0.0397. The molecule has 0 bridgehead atoms. The highest BCUT2D eigenvalue weighted by molar-refractivity contribution is 7.11. The van der Waals surface area contributed by atoms with E-state index < -0.39 is 0 Å². The van der Waals surface area contributed by atoms with E-state index in [2.05, 4.69) is 24.0 Å². The largest absolute Gasteiger partial charge is 0.486 e. The van der Waals surface area contributed by atoms with Gasteiger partial charge in [-0.2, -0.15) is 0 Å². The van der Waals surface area contributed by atoms with E-state index in [0.717, 1.165) is 26.9 Å². The Morgan fingerprint density at radius 1 is 1.29 bits per heavy atom. The molecule has 0 amide bonds. The Labute approximate surface area is 129 Å². The summed E-state index contributed by atoms with van der Waals surface area (Å²) in [4.78, 5) is 5.64. The third-order valence-corrected chi connectivity index (χ3v) is 4.43. The zero-order chi connectivity index (χ0) is 15.4. The third-order valence-electron chi connectivity index (χ3n) is 3.16. The number of aryl methyl sites for hydroxylation is 2. The lowest BCUT2D eigenvalue weighted by Crippen LogP contribution is -2.06. The zero-order valence-electron chi connectivity index (χ0n) is 13.0. The Kier molecular flexibility index (Phi) is 5.33. The maximum Gasteiger partial charge on any atom is 0.140 e. The molecule has 0 aliphatic heterocycles. The lowest BCUT2D eigenvalue weighted by molar-refractivity contribution is 0.180. The van der Waals surface area contributed by atoms with Crippen LogP contribution < -0.4 is 10.5 Å². The normalized spacial score (nSPS) is 12.4. The Morgan fingerprint density at radius 2 is 2.05 bits per heavy atom. The third kappa shape index (κ3) is 4.03. The van der Waals surface area contributed by atoms with E-state index in [0.29, 0.717) is 13.2 Å². The van der Waals surface area contributed by atoms with Gasteiger partial charge in [0.15, 0.2) is 0 Å². The molecule has 1 aromatic heterocycles. The van der Waals surface area contributed by atoms with E-state index in [-0.39, 0.29) is 6.04 Å². The number of nitrogens with two attached hydrogens (primary N) is 1. The van der Waals surface area contributed by atoms with Crippen LogP contribution in [0.5, 0.6) is 5.75 Å². The predicted molar refractivity (Wildman–Crippen MR) is 85.7 cm³/mol. The molecule has 0 aliphatic carbocycles. The van der Waals surface area contributed by atoms with Gasteiger partial charge in [0.05, 0.1) is 12.3 Å². The lowest BCUT2D eigenvalue weighted by Gasteiger charge is -2.08. The van der Waals surface area contributed by atoms with Crippen LogP contribution in [0.25, 0.3) is 0 Å². The Morgan fingerprint density at radius 3 is 2.71 bits per heavy atom. The molecule has 2 aromatic rings. The van der Waals surface area contributed by atoms with Crippen molar-refractivity contribution >= 4 is 11.3 Å². The van der Waals surface area contributed by atoms with Crippen molar-refractivity contribution in [2.24, 2.45) is 5.73 Å². The predicted octanol–water partition coefficient (Wildman–Crippen LogP) is 3.51. The average Bonchev–Trinajstić information content (AvgIpc) is 2.84. The number of rotatable bonds is 6. The van der Waals surface area contributed by atoms with E-state index in [4.69, 9.17) is 15.2 Å². The quantitative estimate of drug-likeness (QED) is 0.887. The van der Waals surface area contributed by atoms with Crippen LogP contribution in [0.15, 0.2) is 18.2 Å². The molecule has 21 heavy (non-hydrogen) atoms. The van der Waals surface area contributed by atoms with Crippen molar-refractivity contribution in [3.05, 3.63) is 44.9 Å². The molecule has 2 rings (SSSR count). The molecular weight excluding hydrogens is 284 g/mol. The van der Waals surface area contributed by atoms with Crippen LogP contribution in [0.4, 0.5) is 0 Å². The number of methoxy groups -OCH3 is 1. The maximum absolute atomic E-state index is 5.98. The first-order valence-electron chi connectivity index (χ1n) is 6.94. The topological polar surface area (TPSA) is 57.4 Å². The first-order valence-corrected chi connectivity index (χ1v) is 7.76. The second kappa shape index (κ2) is 7.02. The number of benzene rings is 1. The molecule has 1 aromatic carbocycles. The standard InChI is InChI=1S/C16H22N2O2S/c1-10-5-6-11(2)14(7-10)20-9-15-18-13(8-19-4)16(21-15)12(3)17/h5-7,12H,8-9,17H2,1-4H3. The van der Waals surface area contributed by atoms with Crippen LogP contribution >= 0.6 is 11.3 Å². The van der Waals surface area contributed by atoms with E-state index in [1.165, 1.54) is 5.56 Å². The van der Waals surface area contributed by atoms with E-state index in [1.807, 2.05) is 19.9 Å². The summed E-state index contributed by atoms with van der Waals surface area (Å²) in [6, 6.07) is 6.15. The van der Waals surface area contributed by atoms with Crippen molar-refractivity contribution in [1.82, 2.24) is 4.98 Å². The van der Waals surface area contributed by atoms with Gasteiger partial charge < -0.3 is 15.2 Å². The zero-order valence-corrected chi connectivity index (χ0v) is 13.8. The molecule has 5 heteroatoms. The summed E-state index contributed by atoms with van der Waals surface area (Å²) in [5.74, 6) is 0.904. The summed E-state index contributed by atoms with van der Waals surface area (Å²) in [5.41, 5.74) is 9.21. The number of aromatic nitrogens is 1. The molecule has 0 aliphatic rings. The van der Waals surface area contributed by atoms with Crippen molar-refractivity contribution in [3.8, 4) is 5.75 Å². The summed E-state index contributed by atoms with van der Waals surface area (Å²) in [6.07, 6.45) is 0. The van der Waals surface area contributed by atoms with Gasteiger partial charge in [0.1, 0.15) is 17.4 Å². The SMILES string of the molecule is COCc1nc(COc2cc(C)ccc2C)sc1C(C)N. The highest BCUT2D eigenvalue weighted by Crippen LogP contribution is 2.26. The van der Waals surface area contributed by atoms with Crippen molar-refractivity contribution in [3.63, 3.8) is 0 Å². The summed E-state index contributed by atoms with van der Waals surface area (Å²) < 4.78 is 11.1. The first-order chi connectivity index (χ1) is 10.0. The summed E-state index contributed by atoms with van der Waals surface area (Å²) in [6.45, 7) is 7.00. The first kappa shape index (κ1) is 15.9. The fourth-order valence-electron chi connectivity index (χ4n) is 2.07. The van der Waals surface area contributed by atoms with Gasteiger partial charge in [-0.25, -0.2) is 4.98 Å². The number of thiazole rings is 1. The van der Waals surface area contributed by atoms with Crippen LogP contribution in [0.3, 0.4) is 0 Å². The fraction of sp³-hybridized carbons (Fsp3) is 0.438. The number of hydrogen-bond donors (Lipinski definition) is 1. The molecule has 1 atom stereocenters.